The Balaban J connectivity index is 1.95. The van der Waals surface area contributed by atoms with E-state index in [4.69, 9.17) is 10.2 Å². The van der Waals surface area contributed by atoms with Gasteiger partial charge in [-0.1, -0.05) is 18.2 Å². The number of rotatable bonds is 6. The Kier molecular flexibility index (Phi) is 4.74. The summed E-state index contributed by atoms with van der Waals surface area (Å²) in [5, 5.41) is 20.1. The average Bonchev–Trinajstić information content (AvgIpc) is 2.85. The highest BCUT2D eigenvalue weighted by Crippen LogP contribution is 2.22. The summed E-state index contributed by atoms with van der Waals surface area (Å²) < 4.78 is 0. The first-order valence-electron chi connectivity index (χ1n) is 6.84. The van der Waals surface area contributed by atoms with Gasteiger partial charge in [-0.15, -0.1) is 0 Å². The first kappa shape index (κ1) is 14.5. The normalized spacial score (nSPS) is 14.7. The van der Waals surface area contributed by atoms with E-state index in [1.54, 1.807) is 0 Å². The number of hydrogen-bond donors (Lipinski definition) is 3. The number of aliphatic hydroxyl groups excluding tert-OH is 1. The maximum absolute atomic E-state index is 11.8. The quantitative estimate of drug-likeness (QED) is 0.713. The predicted molar refractivity (Wildman–Crippen MR) is 73.4 cm³/mol. The van der Waals surface area contributed by atoms with Gasteiger partial charge in [0.2, 0.25) is 5.91 Å². The Labute approximate surface area is 117 Å². The number of carboxylic acids is 1. The lowest BCUT2D eigenvalue weighted by molar-refractivity contribution is -0.142. The van der Waals surface area contributed by atoms with Crippen molar-refractivity contribution in [1.29, 1.82) is 0 Å². The molecule has 1 aliphatic rings. The van der Waals surface area contributed by atoms with E-state index >= 15 is 0 Å². The molecule has 1 aliphatic carbocycles. The number of carbonyl (C=O) groups excluding carboxylic acids is 1. The molecule has 20 heavy (non-hydrogen) atoms. The minimum Gasteiger partial charge on any atom is -0.480 e. The van der Waals surface area contributed by atoms with Crippen LogP contribution in [0, 0.1) is 0 Å². The van der Waals surface area contributed by atoms with Crippen molar-refractivity contribution in [2.45, 2.75) is 38.1 Å². The molecule has 3 N–H and O–H groups in total. The maximum Gasteiger partial charge on any atom is 0.326 e. The number of carboxylic acid groups (broad SMARTS) is 1. The summed E-state index contributed by atoms with van der Waals surface area (Å²) in [4.78, 5) is 22.8. The Morgan fingerprint density at radius 3 is 2.70 bits per heavy atom. The van der Waals surface area contributed by atoms with E-state index in [0.29, 0.717) is 0 Å². The van der Waals surface area contributed by atoms with Crippen LogP contribution in [0.3, 0.4) is 0 Å². The van der Waals surface area contributed by atoms with Crippen molar-refractivity contribution in [2.75, 3.05) is 6.61 Å². The highest BCUT2D eigenvalue weighted by molar-refractivity contribution is 5.84. The number of carbonyl (C=O) groups is 2. The van der Waals surface area contributed by atoms with Gasteiger partial charge < -0.3 is 15.5 Å². The number of amides is 1. The van der Waals surface area contributed by atoms with Crippen LogP contribution < -0.4 is 5.32 Å². The van der Waals surface area contributed by atoms with Crippen molar-refractivity contribution in [1.82, 2.24) is 5.32 Å². The minimum absolute atomic E-state index is 0.0191. The van der Waals surface area contributed by atoms with Gasteiger partial charge in [0.1, 0.15) is 6.04 Å². The van der Waals surface area contributed by atoms with E-state index in [9.17, 15) is 9.59 Å². The van der Waals surface area contributed by atoms with E-state index in [1.165, 1.54) is 11.1 Å². The van der Waals surface area contributed by atoms with Crippen LogP contribution in [-0.2, 0) is 28.9 Å². The molecule has 0 heterocycles. The minimum atomic E-state index is -1.12. The van der Waals surface area contributed by atoms with Gasteiger partial charge >= 0.3 is 5.97 Å². The summed E-state index contributed by atoms with van der Waals surface area (Å²) in [6.45, 7) is -0.268. The summed E-state index contributed by atoms with van der Waals surface area (Å²) in [6.07, 6.45) is 3.49. The van der Waals surface area contributed by atoms with Crippen molar-refractivity contribution < 1.29 is 19.8 Å². The van der Waals surface area contributed by atoms with Crippen LogP contribution in [0.1, 0.15) is 29.5 Å². The Morgan fingerprint density at radius 2 is 2.00 bits per heavy atom. The van der Waals surface area contributed by atoms with Crippen molar-refractivity contribution in [3.8, 4) is 0 Å². The average molecular weight is 277 g/mol. The van der Waals surface area contributed by atoms with Crippen molar-refractivity contribution in [3.63, 3.8) is 0 Å². The van der Waals surface area contributed by atoms with Crippen LogP contribution in [0.4, 0.5) is 0 Å². The van der Waals surface area contributed by atoms with Gasteiger partial charge in [-0.25, -0.2) is 4.79 Å². The number of aliphatic carboxylic acids is 1. The Hall–Kier alpha value is -1.88. The van der Waals surface area contributed by atoms with E-state index in [-0.39, 0.29) is 25.4 Å². The van der Waals surface area contributed by atoms with E-state index < -0.39 is 12.0 Å². The largest absolute Gasteiger partial charge is 0.480 e. The molecule has 108 valence electrons. The van der Waals surface area contributed by atoms with Gasteiger partial charge in [-0.2, -0.15) is 0 Å². The van der Waals surface area contributed by atoms with Crippen LogP contribution in [0.25, 0.3) is 0 Å². The van der Waals surface area contributed by atoms with Gasteiger partial charge in [0.05, 0.1) is 6.42 Å². The first-order valence-corrected chi connectivity index (χ1v) is 6.84. The molecule has 1 atom stereocenters. The summed E-state index contributed by atoms with van der Waals surface area (Å²) in [6, 6.07) is 4.98. The second-order valence-corrected chi connectivity index (χ2v) is 5.10. The van der Waals surface area contributed by atoms with Crippen LogP contribution in [0.5, 0.6) is 0 Å². The molecule has 5 heteroatoms. The third kappa shape index (κ3) is 3.57. The van der Waals surface area contributed by atoms with Gasteiger partial charge in [0, 0.05) is 13.0 Å². The van der Waals surface area contributed by atoms with Crippen LogP contribution in [0.15, 0.2) is 18.2 Å². The Morgan fingerprint density at radius 1 is 1.25 bits per heavy atom. The summed E-state index contributed by atoms with van der Waals surface area (Å²) in [5.74, 6) is -1.45. The number of aryl methyl sites for hydroxylation is 2. The lowest BCUT2D eigenvalue weighted by Gasteiger charge is -2.13. The van der Waals surface area contributed by atoms with Gasteiger partial charge in [-0.3, -0.25) is 4.79 Å². The third-order valence-corrected chi connectivity index (χ3v) is 3.58. The molecule has 0 fully saturated rings. The number of benzene rings is 1. The molecular formula is C15H19NO4. The zero-order valence-corrected chi connectivity index (χ0v) is 11.3. The number of fused-ring (bicyclic) bond motifs is 1. The highest BCUT2D eigenvalue weighted by Gasteiger charge is 2.19. The fourth-order valence-corrected chi connectivity index (χ4v) is 2.55. The summed E-state index contributed by atoms with van der Waals surface area (Å²) >= 11 is 0. The third-order valence-electron chi connectivity index (χ3n) is 3.58. The summed E-state index contributed by atoms with van der Waals surface area (Å²) in [7, 11) is 0. The molecule has 1 aromatic carbocycles. The van der Waals surface area contributed by atoms with Crippen LogP contribution >= 0.6 is 0 Å². The predicted octanol–water partition coefficient (Wildman–Crippen LogP) is 0.670. The molecule has 0 bridgehead atoms. The van der Waals surface area contributed by atoms with Crippen LogP contribution in [-0.4, -0.2) is 34.7 Å². The van der Waals surface area contributed by atoms with Gasteiger partial charge in [-0.05, 0) is 36.0 Å². The number of hydrogen-bond acceptors (Lipinski definition) is 3. The van der Waals surface area contributed by atoms with Gasteiger partial charge in [0.15, 0.2) is 0 Å². The molecule has 0 spiro atoms. The molecule has 0 saturated heterocycles. The highest BCUT2D eigenvalue weighted by atomic mass is 16.4. The second-order valence-electron chi connectivity index (χ2n) is 5.10. The monoisotopic (exact) mass is 277 g/mol. The molecule has 1 amide bonds. The fraction of sp³-hybridized carbons (Fsp3) is 0.467. The zero-order chi connectivity index (χ0) is 14.5. The standard InChI is InChI=1S/C15H19NO4/c17-7-6-13(15(19)20)16-14(18)9-10-4-5-11-2-1-3-12(11)8-10/h4-5,8,13,17H,1-3,6-7,9H2,(H,16,18)(H,19,20). The molecule has 0 saturated carbocycles. The van der Waals surface area contributed by atoms with Crippen molar-refractivity contribution in [2.24, 2.45) is 0 Å². The van der Waals surface area contributed by atoms with E-state index in [0.717, 1.165) is 24.8 Å². The SMILES string of the molecule is O=C(Cc1ccc2c(c1)CCC2)NC(CCO)C(=O)O. The van der Waals surface area contributed by atoms with Gasteiger partial charge in [0.25, 0.3) is 0 Å². The lowest BCUT2D eigenvalue weighted by Crippen LogP contribution is -2.42. The molecule has 2 rings (SSSR count). The Bertz CT molecular complexity index is 513. The topological polar surface area (TPSA) is 86.6 Å². The second kappa shape index (κ2) is 6.52. The molecular weight excluding hydrogens is 258 g/mol. The molecule has 5 nitrogen and oxygen atoms in total. The maximum atomic E-state index is 11.8. The van der Waals surface area contributed by atoms with E-state index in [1.807, 2.05) is 18.2 Å². The molecule has 0 aromatic heterocycles. The molecule has 0 radical (unpaired) electrons. The number of nitrogens with one attached hydrogen (secondary N) is 1. The fourth-order valence-electron chi connectivity index (χ4n) is 2.55. The zero-order valence-electron chi connectivity index (χ0n) is 11.3. The lowest BCUT2D eigenvalue weighted by atomic mass is 10.0. The van der Waals surface area contributed by atoms with Crippen molar-refractivity contribution in [3.05, 3.63) is 34.9 Å². The first-order chi connectivity index (χ1) is 9.60. The smallest absolute Gasteiger partial charge is 0.326 e. The molecule has 0 aliphatic heterocycles. The van der Waals surface area contributed by atoms with E-state index in [2.05, 4.69) is 5.32 Å². The molecule has 1 aromatic rings. The molecule has 1 unspecified atom stereocenters. The van der Waals surface area contributed by atoms with Crippen LogP contribution in [0.2, 0.25) is 0 Å². The number of aliphatic hydroxyl groups is 1. The van der Waals surface area contributed by atoms with Crippen molar-refractivity contribution >= 4 is 11.9 Å². The summed E-state index contributed by atoms with van der Waals surface area (Å²) in [5.41, 5.74) is 3.54.